The second kappa shape index (κ2) is 10.1. The van der Waals surface area contributed by atoms with Crippen LogP contribution in [0.25, 0.3) is 0 Å². The monoisotopic (exact) mass is 385 g/mol. The normalized spacial score (nSPS) is 24.0. The van der Waals surface area contributed by atoms with E-state index in [-0.39, 0.29) is 30.7 Å². The fourth-order valence-electron chi connectivity index (χ4n) is 3.26. The Morgan fingerprint density at radius 2 is 1.59 bits per heavy atom. The topological polar surface area (TPSA) is 135 Å². The van der Waals surface area contributed by atoms with Crippen molar-refractivity contribution in [3.05, 3.63) is 35.9 Å². The summed E-state index contributed by atoms with van der Waals surface area (Å²) < 4.78 is 0. The average molecular weight is 385 g/mol. The van der Waals surface area contributed by atoms with E-state index in [1.807, 2.05) is 44.2 Å². The molecule has 152 valence electrons. The highest BCUT2D eigenvalue weighted by atomic mass is 17.1. The van der Waals surface area contributed by atoms with Crippen LogP contribution in [0, 0.1) is 11.8 Å². The smallest absolute Gasteiger partial charge is 0.223 e. The zero-order valence-electron chi connectivity index (χ0n) is 15.3. The minimum Gasteiger partial charge on any atom is -0.353 e. The molecule has 27 heavy (non-hydrogen) atoms. The summed E-state index contributed by atoms with van der Waals surface area (Å²) in [5.74, 6) is -0.573. The van der Waals surface area contributed by atoms with Crippen LogP contribution < -0.4 is 5.32 Å². The van der Waals surface area contributed by atoms with E-state index in [1.165, 1.54) is 0 Å². The molecule has 0 radical (unpaired) electrons. The van der Waals surface area contributed by atoms with Crippen LogP contribution in [0.5, 0.6) is 0 Å². The van der Waals surface area contributed by atoms with Crippen molar-refractivity contribution in [2.45, 2.75) is 51.4 Å². The zero-order chi connectivity index (χ0) is 20.0. The highest BCUT2D eigenvalue weighted by Gasteiger charge is 2.42. The lowest BCUT2D eigenvalue weighted by molar-refractivity contribution is -0.535. The van der Waals surface area contributed by atoms with E-state index < -0.39 is 28.9 Å². The summed E-state index contributed by atoms with van der Waals surface area (Å²) in [4.78, 5) is 22.2. The molecule has 0 aromatic heterocycles. The van der Waals surface area contributed by atoms with Gasteiger partial charge in [0.1, 0.15) is 12.2 Å². The minimum absolute atomic E-state index is 0.0846. The largest absolute Gasteiger partial charge is 0.353 e. The second-order valence-electron chi connectivity index (χ2n) is 7.01. The van der Waals surface area contributed by atoms with Crippen molar-refractivity contribution >= 4 is 5.91 Å². The lowest BCUT2D eigenvalue weighted by atomic mass is 9.95. The van der Waals surface area contributed by atoms with Gasteiger partial charge in [0.25, 0.3) is 0 Å². The fraction of sp³-hybridized carbons (Fsp3) is 0.588. The Morgan fingerprint density at radius 1 is 1.07 bits per heavy atom. The molecule has 0 aliphatic heterocycles. The maximum absolute atomic E-state index is 12.7. The lowest BCUT2D eigenvalue weighted by Crippen LogP contribution is -2.43. The van der Waals surface area contributed by atoms with Crippen LogP contribution in [0.4, 0.5) is 0 Å². The summed E-state index contributed by atoms with van der Waals surface area (Å²) in [5, 5.41) is 37.4. The molecule has 1 fully saturated rings. The van der Waals surface area contributed by atoms with E-state index >= 15 is 0 Å². The van der Waals surface area contributed by atoms with Gasteiger partial charge in [0.2, 0.25) is 5.91 Å². The summed E-state index contributed by atoms with van der Waals surface area (Å²) in [5.41, 5.74) is 1.11. The SMILES string of the molecule is CC(C)[C@@H](Cc1ccccc1)NC(=O)C1C[C@H](ON(O)O)[C@H](ON(O)O)C1. The zero-order valence-corrected chi connectivity index (χ0v) is 15.3. The molecule has 2 rings (SSSR count). The highest BCUT2D eigenvalue weighted by molar-refractivity contribution is 5.79. The van der Waals surface area contributed by atoms with Gasteiger partial charge in [0, 0.05) is 12.0 Å². The standard InChI is InChI=1S/C17H27N3O7/c1-11(2)14(8-12-6-4-3-5-7-12)18-17(21)13-9-15(26-19(22)23)16(10-13)27-20(24)25/h3-7,11,13-16,22-25H,8-10H2,1-2H3,(H,18,21)/t13?,14-,15-,16+/m1/s1. The molecule has 0 heterocycles. The maximum atomic E-state index is 12.7. The van der Waals surface area contributed by atoms with Crippen molar-refractivity contribution < 1.29 is 35.3 Å². The predicted octanol–water partition coefficient (Wildman–Crippen LogP) is 1.54. The van der Waals surface area contributed by atoms with Gasteiger partial charge in [-0.2, -0.15) is 0 Å². The second-order valence-corrected chi connectivity index (χ2v) is 7.01. The van der Waals surface area contributed by atoms with E-state index in [9.17, 15) is 4.79 Å². The third kappa shape index (κ3) is 6.79. The molecule has 1 aliphatic carbocycles. The Kier molecular flexibility index (Phi) is 8.07. The minimum atomic E-state index is -0.941. The molecule has 1 aromatic rings. The van der Waals surface area contributed by atoms with E-state index in [0.717, 1.165) is 5.56 Å². The maximum Gasteiger partial charge on any atom is 0.223 e. The first kappa shape index (κ1) is 21.7. The van der Waals surface area contributed by atoms with Gasteiger partial charge < -0.3 is 5.32 Å². The summed E-state index contributed by atoms with van der Waals surface area (Å²) >= 11 is 0. The Balaban J connectivity index is 1.99. The highest BCUT2D eigenvalue weighted by Crippen LogP contribution is 2.31. The Labute approximate surface area is 157 Å². The lowest BCUT2D eigenvalue weighted by Gasteiger charge is -2.24. The summed E-state index contributed by atoms with van der Waals surface area (Å²) in [6.07, 6.45) is -0.955. The van der Waals surface area contributed by atoms with E-state index in [0.29, 0.717) is 6.42 Å². The number of benzene rings is 1. The molecule has 1 amide bonds. The van der Waals surface area contributed by atoms with Crippen LogP contribution in [-0.2, 0) is 20.9 Å². The molecule has 4 atom stereocenters. The summed E-state index contributed by atoms with van der Waals surface area (Å²) in [6, 6.07) is 9.74. The van der Waals surface area contributed by atoms with Crippen LogP contribution in [0.3, 0.4) is 0 Å². The number of hydrogen-bond acceptors (Lipinski definition) is 9. The Hall–Kier alpha value is -1.63. The first-order chi connectivity index (χ1) is 12.8. The number of carbonyl (C=O) groups excluding carboxylic acids is 1. The molecule has 10 heteroatoms. The molecule has 0 bridgehead atoms. The first-order valence-electron chi connectivity index (χ1n) is 8.79. The fourth-order valence-corrected chi connectivity index (χ4v) is 3.26. The third-order valence-corrected chi connectivity index (χ3v) is 4.71. The molecule has 5 N–H and O–H groups in total. The molecule has 10 nitrogen and oxygen atoms in total. The molecule has 0 spiro atoms. The van der Waals surface area contributed by atoms with Gasteiger partial charge in [-0.1, -0.05) is 44.2 Å². The number of rotatable bonds is 9. The van der Waals surface area contributed by atoms with Crippen LogP contribution in [0.15, 0.2) is 30.3 Å². The van der Waals surface area contributed by atoms with E-state index in [1.54, 1.807) is 0 Å². The number of hydrogen-bond donors (Lipinski definition) is 5. The van der Waals surface area contributed by atoms with Gasteiger partial charge in [-0.05, 0) is 30.7 Å². The van der Waals surface area contributed by atoms with Crippen molar-refractivity contribution in [3.8, 4) is 0 Å². The number of carbonyl (C=O) groups is 1. The van der Waals surface area contributed by atoms with Crippen molar-refractivity contribution in [1.82, 2.24) is 16.1 Å². The van der Waals surface area contributed by atoms with Gasteiger partial charge >= 0.3 is 0 Å². The molecule has 1 aromatic carbocycles. The summed E-state index contributed by atoms with van der Waals surface area (Å²) in [6.45, 7) is 4.04. The first-order valence-corrected chi connectivity index (χ1v) is 8.79. The Bertz CT molecular complexity index is 567. The van der Waals surface area contributed by atoms with Crippen molar-refractivity contribution in [3.63, 3.8) is 0 Å². The van der Waals surface area contributed by atoms with Gasteiger partial charge in [-0.15, -0.1) is 0 Å². The van der Waals surface area contributed by atoms with Crippen LogP contribution in [-0.4, -0.2) is 55.8 Å². The molecule has 1 unspecified atom stereocenters. The number of nitrogens with one attached hydrogen (secondary N) is 1. The van der Waals surface area contributed by atoms with Gasteiger partial charge in [-0.3, -0.25) is 25.6 Å². The number of amides is 1. The quantitative estimate of drug-likeness (QED) is 0.401. The number of nitrogens with zero attached hydrogens (tertiary/aromatic N) is 2. The van der Waals surface area contributed by atoms with Crippen LogP contribution >= 0.6 is 0 Å². The van der Waals surface area contributed by atoms with Crippen molar-refractivity contribution in [2.24, 2.45) is 11.8 Å². The van der Waals surface area contributed by atoms with Crippen molar-refractivity contribution in [1.29, 1.82) is 0 Å². The van der Waals surface area contributed by atoms with Crippen LogP contribution in [0.1, 0.15) is 32.3 Å². The Morgan fingerprint density at radius 3 is 2.04 bits per heavy atom. The van der Waals surface area contributed by atoms with E-state index in [2.05, 4.69) is 5.32 Å². The van der Waals surface area contributed by atoms with E-state index in [4.69, 9.17) is 30.5 Å². The predicted molar refractivity (Wildman–Crippen MR) is 90.2 cm³/mol. The van der Waals surface area contributed by atoms with Crippen LogP contribution in [0.2, 0.25) is 0 Å². The van der Waals surface area contributed by atoms with Gasteiger partial charge in [0.15, 0.2) is 0 Å². The van der Waals surface area contributed by atoms with Gasteiger partial charge in [-0.25, -0.2) is 9.68 Å². The molecular weight excluding hydrogens is 358 g/mol. The van der Waals surface area contributed by atoms with Gasteiger partial charge in [0.05, 0.1) is 10.8 Å². The molecular formula is C17H27N3O7. The third-order valence-electron chi connectivity index (χ3n) is 4.71. The molecule has 0 saturated heterocycles. The summed E-state index contributed by atoms with van der Waals surface area (Å²) in [7, 11) is 0. The molecule has 1 saturated carbocycles. The molecule has 1 aliphatic rings. The van der Waals surface area contributed by atoms with Crippen molar-refractivity contribution in [2.75, 3.05) is 0 Å². The average Bonchev–Trinajstić information content (AvgIpc) is 2.96.